The fourth-order valence-electron chi connectivity index (χ4n) is 4.97. The summed E-state index contributed by atoms with van der Waals surface area (Å²) in [5.41, 5.74) is 4.76. The highest BCUT2D eigenvalue weighted by molar-refractivity contribution is 6.19. The standard InChI is InChI=1S/C29H28F3N5O6/c1-35(20-10-4-5-11-21(20)36-15-6-3-7-16-36)27(39)17-13-14-19(26(43-2)23(17)33)25(38)18-9-8-12-22(37(41)42)24(18)34-28(40)29(30,31)32/h4-5,8-14H,3,6-7,15-16,33H2,1-2H3,(H,34,40). The number of nitrogens with zero attached hydrogens (tertiary/aromatic N) is 3. The number of para-hydroxylation sites is 3. The highest BCUT2D eigenvalue weighted by atomic mass is 19.4. The average Bonchev–Trinajstić information content (AvgIpc) is 2.99. The van der Waals surface area contributed by atoms with Gasteiger partial charge in [-0.05, 0) is 49.6 Å². The third-order valence-corrected chi connectivity index (χ3v) is 7.10. The molecule has 0 saturated carbocycles. The number of ketones is 1. The number of methoxy groups -OCH3 is 1. The minimum absolute atomic E-state index is 0.0195. The Hall–Kier alpha value is -5.14. The molecule has 3 N–H and O–H groups in total. The predicted molar refractivity (Wildman–Crippen MR) is 154 cm³/mol. The van der Waals surface area contributed by atoms with E-state index < -0.39 is 45.6 Å². The Labute approximate surface area is 244 Å². The molecule has 0 atom stereocenters. The Morgan fingerprint density at radius 3 is 2.26 bits per heavy atom. The second kappa shape index (κ2) is 12.4. The predicted octanol–water partition coefficient (Wildman–Crippen LogP) is 5.18. The van der Waals surface area contributed by atoms with E-state index in [-0.39, 0.29) is 22.6 Å². The zero-order chi connectivity index (χ0) is 31.5. The number of nitro benzene ring substituents is 1. The molecular weight excluding hydrogens is 571 g/mol. The van der Waals surface area contributed by atoms with Crippen molar-refractivity contribution in [1.82, 2.24) is 0 Å². The van der Waals surface area contributed by atoms with Crippen molar-refractivity contribution >= 4 is 46.0 Å². The van der Waals surface area contributed by atoms with Crippen molar-refractivity contribution < 1.29 is 37.2 Å². The van der Waals surface area contributed by atoms with Crippen LogP contribution in [0.4, 0.5) is 41.6 Å². The summed E-state index contributed by atoms with van der Waals surface area (Å²) in [6, 6.07) is 12.8. The van der Waals surface area contributed by atoms with E-state index in [9.17, 15) is 37.7 Å². The van der Waals surface area contributed by atoms with E-state index in [0.29, 0.717) is 5.69 Å². The summed E-state index contributed by atoms with van der Waals surface area (Å²) in [4.78, 5) is 53.0. The van der Waals surface area contributed by atoms with Crippen LogP contribution in [0.3, 0.4) is 0 Å². The normalized spacial score (nSPS) is 13.3. The van der Waals surface area contributed by atoms with E-state index in [0.717, 1.165) is 56.2 Å². The molecule has 226 valence electrons. The SMILES string of the molecule is COc1c(C(=O)c2cccc([N+](=O)[O-])c2NC(=O)C(F)(F)F)ccc(C(=O)N(C)c2ccccc2N2CCCCC2)c1N. The largest absolute Gasteiger partial charge is 0.494 e. The number of hydrogen-bond donors (Lipinski definition) is 2. The summed E-state index contributed by atoms with van der Waals surface area (Å²) >= 11 is 0. The lowest BCUT2D eigenvalue weighted by molar-refractivity contribution is -0.384. The van der Waals surface area contributed by atoms with Crippen LogP contribution in [0.2, 0.25) is 0 Å². The van der Waals surface area contributed by atoms with E-state index in [4.69, 9.17) is 10.5 Å². The first-order chi connectivity index (χ1) is 20.4. The first-order valence-electron chi connectivity index (χ1n) is 13.2. The minimum atomic E-state index is -5.38. The van der Waals surface area contributed by atoms with E-state index in [1.165, 1.54) is 29.5 Å². The lowest BCUT2D eigenvalue weighted by atomic mass is 9.97. The Kier molecular flexibility index (Phi) is 8.88. The molecule has 4 rings (SSSR count). The molecule has 1 heterocycles. The van der Waals surface area contributed by atoms with Crippen molar-refractivity contribution in [2.75, 3.05) is 48.1 Å². The number of rotatable bonds is 8. The summed E-state index contributed by atoms with van der Waals surface area (Å²) in [5.74, 6) is -4.33. The highest BCUT2D eigenvalue weighted by Crippen LogP contribution is 2.38. The summed E-state index contributed by atoms with van der Waals surface area (Å²) in [6.45, 7) is 1.68. The Bertz CT molecular complexity index is 1590. The topological polar surface area (TPSA) is 148 Å². The molecule has 1 aliphatic heterocycles. The van der Waals surface area contributed by atoms with Crippen molar-refractivity contribution in [1.29, 1.82) is 0 Å². The molecule has 0 radical (unpaired) electrons. The van der Waals surface area contributed by atoms with Gasteiger partial charge in [0.25, 0.3) is 11.6 Å². The number of anilines is 4. The minimum Gasteiger partial charge on any atom is -0.494 e. The van der Waals surface area contributed by atoms with E-state index >= 15 is 0 Å². The number of benzene rings is 3. The van der Waals surface area contributed by atoms with E-state index in [1.54, 1.807) is 19.2 Å². The monoisotopic (exact) mass is 599 g/mol. The maximum absolute atomic E-state index is 13.7. The number of alkyl halides is 3. The van der Waals surface area contributed by atoms with Crippen LogP contribution in [0.1, 0.15) is 45.5 Å². The summed E-state index contributed by atoms with van der Waals surface area (Å²) < 4.78 is 44.3. The first kappa shape index (κ1) is 30.8. The van der Waals surface area contributed by atoms with Gasteiger partial charge < -0.3 is 25.6 Å². The lowest BCUT2D eigenvalue weighted by Crippen LogP contribution is -2.33. The molecule has 11 nitrogen and oxygen atoms in total. The maximum atomic E-state index is 13.7. The van der Waals surface area contributed by atoms with Gasteiger partial charge in [0.05, 0.1) is 45.8 Å². The number of nitrogens with one attached hydrogen (secondary N) is 1. The highest BCUT2D eigenvalue weighted by Gasteiger charge is 2.41. The van der Waals surface area contributed by atoms with Crippen LogP contribution >= 0.6 is 0 Å². The molecule has 1 fully saturated rings. The number of nitrogens with two attached hydrogens (primary N) is 1. The van der Waals surface area contributed by atoms with Gasteiger partial charge in [0.2, 0.25) is 0 Å². The molecule has 43 heavy (non-hydrogen) atoms. The van der Waals surface area contributed by atoms with Crippen molar-refractivity contribution in [3.8, 4) is 5.75 Å². The van der Waals surface area contributed by atoms with Gasteiger partial charge in [-0.15, -0.1) is 0 Å². The second-order valence-corrected chi connectivity index (χ2v) is 9.75. The smallest absolute Gasteiger partial charge is 0.471 e. The number of carbonyl (C=O) groups excluding carboxylic acids is 3. The molecule has 0 aliphatic carbocycles. The molecule has 3 aromatic carbocycles. The van der Waals surface area contributed by atoms with Gasteiger partial charge in [-0.3, -0.25) is 24.5 Å². The second-order valence-electron chi connectivity index (χ2n) is 9.75. The van der Waals surface area contributed by atoms with Crippen LogP contribution < -0.4 is 25.6 Å². The number of ether oxygens (including phenoxy) is 1. The van der Waals surface area contributed by atoms with Gasteiger partial charge in [0.1, 0.15) is 5.69 Å². The number of carbonyl (C=O) groups is 3. The molecule has 1 saturated heterocycles. The Morgan fingerprint density at radius 2 is 1.63 bits per heavy atom. The first-order valence-corrected chi connectivity index (χ1v) is 13.2. The summed E-state index contributed by atoms with van der Waals surface area (Å²) in [7, 11) is 2.75. The molecule has 0 aromatic heterocycles. The number of amides is 2. The number of nitro groups is 1. The molecule has 3 aromatic rings. The molecule has 0 spiro atoms. The molecule has 2 amide bonds. The van der Waals surface area contributed by atoms with Gasteiger partial charge >= 0.3 is 12.1 Å². The molecule has 0 bridgehead atoms. The van der Waals surface area contributed by atoms with Crippen LogP contribution in [-0.2, 0) is 4.79 Å². The molecular formula is C29H28F3N5O6. The van der Waals surface area contributed by atoms with E-state index in [1.807, 2.05) is 12.1 Å². The van der Waals surface area contributed by atoms with Crippen molar-refractivity contribution in [2.45, 2.75) is 25.4 Å². The van der Waals surface area contributed by atoms with Gasteiger partial charge in [-0.25, -0.2) is 0 Å². The molecule has 14 heteroatoms. The van der Waals surface area contributed by atoms with Crippen LogP contribution in [0, 0.1) is 10.1 Å². The zero-order valence-corrected chi connectivity index (χ0v) is 23.2. The molecule has 0 unspecified atom stereocenters. The Balaban J connectivity index is 1.73. The Morgan fingerprint density at radius 1 is 0.977 bits per heavy atom. The van der Waals surface area contributed by atoms with Crippen molar-refractivity contribution in [3.63, 3.8) is 0 Å². The number of nitrogen functional groups attached to an aromatic ring is 1. The quantitative estimate of drug-likeness (QED) is 0.156. The fourth-order valence-corrected chi connectivity index (χ4v) is 4.97. The average molecular weight is 600 g/mol. The van der Waals surface area contributed by atoms with Crippen molar-refractivity contribution in [2.24, 2.45) is 0 Å². The van der Waals surface area contributed by atoms with Crippen LogP contribution in [0.25, 0.3) is 0 Å². The number of halogens is 3. The number of piperidine rings is 1. The van der Waals surface area contributed by atoms with Crippen LogP contribution in [-0.4, -0.2) is 55.9 Å². The third kappa shape index (κ3) is 6.22. The number of hydrogen-bond acceptors (Lipinski definition) is 8. The van der Waals surface area contributed by atoms with Crippen LogP contribution in [0.15, 0.2) is 54.6 Å². The lowest BCUT2D eigenvalue weighted by Gasteiger charge is -2.32. The van der Waals surface area contributed by atoms with Crippen molar-refractivity contribution in [3.05, 3.63) is 81.4 Å². The van der Waals surface area contributed by atoms with E-state index in [2.05, 4.69) is 4.90 Å². The van der Waals surface area contributed by atoms with Gasteiger partial charge in [0, 0.05) is 26.2 Å². The zero-order valence-electron chi connectivity index (χ0n) is 23.2. The fraction of sp³-hybridized carbons (Fsp3) is 0.276. The molecule has 1 aliphatic rings. The summed E-state index contributed by atoms with van der Waals surface area (Å²) in [5, 5.41) is 13.0. The van der Waals surface area contributed by atoms with Gasteiger partial charge in [-0.1, -0.05) is 18.2 Å². The summed E-state index contributed by atoms with van der Waals surface area (Å²) in [6.07, 6.45) is -2.20. The third-order valence-electron chi connectivity index (χ3n) is 7.10. The van der Waals surface area contributed by atoms with Gasteiger partial charge in [-0.2, -0.15) is 13.2 Å². The van der Waals surface area contributed by atoms with Gasteiger partial charge in [0.15, 0.2) is 11.5 Å². The maximum Gasteiger partial charge on any atom is 0.471 e. The van der Waals surface area contributed by atoms with Crippen LogP contribution in [0.5, 0.6) is 5.75 Å².